The molecular weight excluding hydrogens is 160 g/mol. The maximum Gasteiger partial charge on any atom is 0.384 e. The van der Waals surface area contributed by atoms with Crippen LogP contribution in [0.2, 0.25) is 0 Å². The van der Waals surface area contributed by atoms with Gasteiger partial charge in [0.1, 0.15) is 0 Å². The molecule has 0 aromatic heterocycles. The molecule has 0 radical (unpaired) electrons. The van der Waals surface area contributed by atoms with Crippen molar-refractivity contribution in [3.63, 3.8) is 0 Å². The van der Waals surface area contributed by atoms with Crippen LogP contribution in [0.15, 0.2) is 0 Å². The van der Waals surface area contributed by atoms with E-state index < -0.39 is 11.9 Å². The molecule has 0 amide bonds. The first-order chi connectivity index (χ1) is 5.66. The molecule has 0 aliphatic carbocycles. The lowest BCUT2D eigenvalue weighted by molar-refractivity contribution is -0.137. The number of carboxylic acids is 1. The fraction of sp³-hybridized carbons (Fsp3) is 0.500. The Bertz CT molecular complexity index is 221. The van der Waals surface area contributed by atoms with Gasteiger partial charge in [-0.1, -0.05) is 13.3 Å². The van der Waals surface area contributed by atoms with E-state index in [0.29, 0.717) is 6.61 Å². The molecule has 0 atom stereocenters. The largest absolute Gasteiger partial charge is 0.472 e. The van der Waals surface area contributed by atoms with Crippen molar-refractivity contribution in [3.8, 4) is 11.8 Å². The van der Waals surface area contributed by atoms with Crippen LogP contribution in [0.1, 0.15) is 19.8 Å². The summed E-state index contributed by atoms with van der Waals surface area (Å²) in [7, 11) is 0. The van der Waals surface area contributed by atoms with E-state index in [1.165, 1.54) is 0 Å². The molecule has 0 spiro atoms. The summed E-state index contributed by atoms with van der Waals surface area (Å²) in [6.07, 6.45) is 1.68. The van der Waals surface area contributed by atoms with Gasteiger partial charge in [-0.25, -0.2) is 9.59 Å². The Morgan fingerprint density at radius 3 is 2.58 bits per heavy atom. The highest BCUT2D eigenvalue weighted by atomic mass is 16.5. The maximum absolute atomic E-state index is 10.6. The summed E-state index contributed by atoms with van der Waals surface area (Å²) in [6, 6.07) is 0. The third-order valence-electron chi connectivity index (χ3n) is 1.00. The van der Waals surface area contributed by atoms with E-state index in [2.05, 4.69) is 4.74 Å². The minimum Gasteiger partial charge on any atom is -0.472 e. The van der Waals surface area contributed by atoms with Gasteiger partial charge in [-0.05, 0) is 6.42 Å². The lowest BCUT2D eigenvalue weighted by Gasteiger charge is -1.95. The van der Waals surface area contributed by atoms with Crippen molar-refractivity contribution < 1.29 is 19.4 Å². The lowest BCUT2D eigenvalue weighted by atomic mass is 10.4. The molecule has 12 heavy (non-hydrogen) atoms. The number of ether oxygens (including phenoxy) is 1. The number of rotatable bonds is 3. The Kier molecular flexibility index (Phi) is 5.45. The van der Waals surface area contributed by atoms with Crippen LogP contribution >= 0.6 is 0 Å². The molecule has 0 saturated heterocycles. The average Bonchev–Trinajstić information content (AvgIpc) is 2.01. The van der Waals surface area contributed by atoms with Gasteiger partial charge in [-0.15, -0.1) is 0 Å². The lowest BCUT2D eigenvalue weighted by Crippen LogP contribution is -2.03. The first-order valence-electron chi connectivity index (χ1n) is 3.58. The minimum atomic E-state index is -1.33. The van der Waals surface area contributed by atoms with E-state index in [4.69, 9.17) is 5.11 Å². The van der Waals surface area contributed by atoms with E-state index in [1.54, 1.807) is 5.92 Å². The summed E-state index contributed by atoms with van der Waals surface area (Å²) in [5, 5.41) is 8.05. The quantitative estimate of drug-likeness (QED) is 0.288. The van der Waals surface area contributed by atoms with E-state index >= 15 is 0 Å². The van der Waals surface area contributed by atoms with Crippen LogP contribution in [-0.4, -0.2) is 23.7 Å². The van der Waals surface area contributed by atoms with Crippen LogP contribution in [0.25, 0.3) is 0 Å². The molecule has 1 N–H and O–H groups in total. The van der Waals surface area contributed by atoms with Crippen molar-refractivity contribution in [2.24, 2.45) is 0 Å². The molecule has 4 heteroatoms. The van der Waals surface area contributed by atoms with E-state index in [-0.39, 0.29) is 0 Å². The average molecular weight is 170 g/mol. The first-order valence-corrected chi connectivity index (χ1v) is 3.58. The molecule has 0 fully saturated rings. The third-order valence-corrected chi connectivity index (χ3v) is 1.00. The predicted molar refractivity (Wildman–Crippen MR) is 41.3 cm³/mol. The van der Waals surface area contributed by atoms with Gasteiger partial charge in [-0.3, -0.25) is 0 Å². The van der Waals surface area contributed by atoms with Crippen molar-refractivity contribution in [2.45, 2.75) is 19.8 Å². The highest BCUT2D eigenvalue weighted by Gasteiger charge is 1.95. The molecule has 0 aromatic rings. The molecule has 0 saturated carbocycles. The van der Waals surface area contributed by atoms with Crippen molar-refractivity contribution in [3.05, 3.63) is 0 Å². The van der Waals surface area contributed by atoms with Gasteiger partial charge in [0, 0.05) is 11.8 Å². The highest BCUT2D eigenvalue weighted by Crippen LogP contribution is 1.87. The molecule has 0 bridgehead atoms. The molecule has 0 rings (SSSR count). The topological polar surface area (TPSA) is 63.6 Å². The number of hydrogen-bond acceptors (Lipinski definition) is 3. The summed E-state index contributed by atoms with van der Waals surface area (Å²) >= 11 is 0. The smallest absolute Gasteiger partial charge is 0.384 e. The van der Waals surface area contributed by atoms with Crippen molar-refractivity contribution in [2.75, 3.05) is 6.61 Å². The number of unbranched alkanes of at least 4 members (excludes halogenated alkanes) is 1. The monoisotopic (exact) mass is 170 g/mol. The van der Waals surface area contributed by atoms with Crippen LogP contribution in [0.4, 0.5) is 0 Å². The van der Waals surface area contributed by atoms with Crippen molar-refractivity contribution in [1.29, 1.82) is 0 Å². The Balaban J connectivity index is 3.62. The van der Waals surface area contributed by atoms with Gasteiger partial charge in [0.15, 0.2) is 0 Å². The van der Waals surface area contributed by atoms with Crippen LogP contribution in [0.3, 0.4) is 0 Å². The predicted octanol–water partition coefficient (Wildman–Crippen LogP) is 0.418. The molecule has 0 heterocycles. The fourth-order valence-electron chi connectivity index (χ4n) is 0.450. The summed E-state index contributed by atoms with van der Waals surface area (Å²) in [6.45, 7) is 2.25. The van der Waals surface area contributed by atoms with E-state index in [0.717, 1.165) is 12.8 Å². The highest BCUT2D eigenvalue weighted by molar-refractivity contribution is 5.97. The second kappa shape index (κ2) is 6.23. The minimum absolute atomic E-state index is 0.295. The number of carboxylic acid groups (broad SMARTS) is 1. The zero-order valence-corrected chi connectivity index (χ0v) is 6.79. The SMILES string of the molecule is CCCCOC(=O)C#CC(=O)O. The van der Waals surface area contributed by atoms with E-state index in [1.807, 2.05) is 12.8 Å². The summed E-state index contributed by atoms with van der Waals surface area (Å²) < 4.78 is 4.56. The zero-order chi connectivity index (χ0) is 9.40. The Labute approximate surface area is 70.5 Å². The zero-order valence-electron chi connectivity index (χ0n) is 6.79. The normalized spacial score (nSPS) is 8.08. The second-order valence-corrected chi connectivity index (χ2v) is 2.04. The first kappa shape index (κ1) is 10.5. The van der Waals surface area contributed by atoms with Gasteiger partial charge >= 0.3 is 11.9 Å². The van der Waals surface area contributed by atoms with Gasteiger partial charge in [0.05, 0.1) is 6.61 Å². The number of carbonyl (C=O) groups is 2. The van der Waals surface area contributed by atoms with E-state index in [9.17, 15) is 9.59 Å². The molecule has 66 valence electrons. The number of aliphatic carboxylic acids is 1. The maximum atomic E-state index is 10.6. The second-order valence-electron chi connectivity index (χ2n) is 2.04. The molecule has 0 unspecified atom stereocenters. The number of carbonyl (C=O) groups excluding carboxylic acids is 1. The van der Waals surface area contributed by atoms with Crippen LogP contribution in [0.5, 0.6) is 0 Å². The Morgan fingerprint density at radius 2 is 2.08 bits per heavy atom. The molecule has 4 nitrogen and oxygen atoms in total. The molecular formula is C8H10O4. The fourth-order valence-corrected chi connectivity index (χ4v) is 0.450. The summed E-state index contributed by atoms with van der Waals surface area (Å²) in [5.41, 5.74) is 0. The van der Waals surface area contributed by atoms with Crippen molar-refractivity contribution in [1.82, 2.24) is 0 Å². The van der Waals surface area contributed by atoms with Gasteiger partial charge < -0.3 is 9.84 Å². The third kappa shape index (κ3) is 6.62. The standard InChI is InChI=1S/C8H10O4/c1-2-3-6-12-8(11)5-4-7(9)10/h2-3,6H2,1H3,(H,9,10). The molecule has 0 aliphatic heterocycles. The van der Waals surface area contributed by atoms with Crippen molar-refractivity contribution >= 4 is 11.9 Å². The number of hydrogen-bond donors (Lipinski definition) is 1. The van der Waals surface area contributed by atoms with Crippen LogP contribution in [-0.2, 0) is 14.3 Å². The summed E-state index contributed by atoms with van der Waals surface area (Å²) in [4.78, 5) is 20.4. The summed E-state index contributed by atoms with van der Waals surface area (Å²) in [5.74, 6) is 1.38. The Hall–Kier alpha value is -1.50. The van der Waals surface area contributed by atoms with Gasteiger partial charge in [0.2, 0.25) is 0 Å². The number of esters is 1. The van der Waals surface area contributed by atoms with Crippen LogP contribution in [0, 0.1) is 11.8 Å². The molecule has 0 aliphatic rings. The van der Waals surface area contributed by atoms with Gasteiger partial charge in [0.25, 0.3) is 0 Å². The molecule has 0 aromatic carbocycles. The van der Waals surface area contributed by atoms with Gasteiger partial charge in [-0.2, -0.15) is 0 Å². The Morgan fingerprint density at radius 1 is 1.42 bits per heavy atom. The van der Waals surface area contributed by atoms with Crippen LogP contribution < -0.4 is 0 Å².